The molecular formula is C24H25FNO6+. The van der Waals surface area contributed by atoms with Crippen LogP contribution in [-0.2, 0) is 22.5 Å². The van der Waals surface area contributed by atoms with E-state index in [2.05, 4.69) is 0 Å². The topological polar surface area (TPSA) is 71.1 Å². The number of hydrogen-bond donors (Lipinski definition) is 0. The fourth-order valence-electron chi connectivity index (χ4n) is 4.30. The van der Waals surface area contributed by atoms with Crippen molar-refractivity contribution >= 4 is 17.8 Å². The molecule has 2 aromatic rings. The summed E-state index contributed by atoms with van der Waals surface area (Å²) < 4.78 is 35.4. The standard InChI is InChI=1S/C24H25FNO6/c1-26(13-20(28)29-2)11-10-17-18(12-26)22(30-3)24-23(31-14-32-24)21(17)19(27)9-6-15-4-7-16(25)8-5-15/h4-9H,10-14H2,1-3H3/q+1/b9-6+/t26-/m1/s1. The molecule has 2 aromatic carbocycles. The van der Waals surface area contributed by atoms with E-state index in [1.807, 2.05) is 7.05 Å². The Labute approximate surface area is 185 Å². The SMILES string of the molecule is COC(=O)C[N@+]1(C)CCc2c(c(OC)c3c(c2C(=O)/C=C/c2ccc(F)cc2)OCO3)C1. The number of methoxy groups -OCH3 is 2. The van der Waals surface area contributed by atoms with Gasteiger partial charge in [-0.25, -0.2) is 9.18 Å². The van der Waals surface area contributed by atoms with Crippen LogP contribution in [0.1, 0.15) is 27.0 Å². The van der Waals surface area contributed by atoms with Crippen molar-refractivity contribution in [3.63, 3.8) is 0 Å². The number of ketones is 1. The van der Waals surface area contributed by atoms with E-state index < -0.39 is 0 Å². The van der Waals surface area contributed by atoms with Gasteiger partial charge in [0.15, 0.2) is 23.8 Å². The maximum Gasteiger partial charge on any atom is 0.361 e. The molecule has 2 aliphatic rings. The summed E-state index contributed by atoms with van der Waals surface area (Å²) >= 11 is 0. The lowest BCUT2D eigenvalue weighted by atomic mass is 9.89. The number of rotatable bonds is 6. The molecule has 7 nitrogen and oxygen atoms in total. The number of benzene rings is 2. The molecule has 0 aliphatic carbocycles. The van der Waals surface area contributed by atoms with E-state index in [-0.39, 0.29) is 30.9 Å². The smallest absolute Gasteiger partial charge is 0.361 e. The number of halogens is 1. The van der Waals surface area contributed by atoms with Gasteiger partial charge >= 0.3 is 5.97 Å². The predicted molar refractivity (Wildman–Crippen MR) is 114 cm³/mol. The van der Waals surface area contributed by atoms with Crippen LogP contribution in [0.15, 0.2) is 30.3 Å². The van der Waals surface area contributed by atoms with Crippen LogP contribution in [0.4, 0.5) is 4.39 Å². The van der Waals surface area contributed by atoms with Crippen molar-refractivity contribution in [1.82, 2.24) is 0 Å². The molecular weight excluding hydrogens is 417 g/mol. The molecule has 0 spiro atoms. The van der Waals surface area contributed by atoms with Crippen molar-refractivity contribution in [2.75, 3.05) is 41.1 Å². The zero-order valence-electron chi connectivity index (χ0n) is 18.3. The molecule has 0 saturated carbocycles. The minimum Gasteiger partial charge on any atom is -0.492 e. The van der Waals surface area contributed by atoms with E-state index in [9.17, 15) is 14.0 Å². The first-order chi connectivity index (χ1) is 15.3. The van der Waals surface area contributed by atoms with E-state index in [0.29, 0.717) is 52.4 Å². The second-order valence-corrected chi connectivity index (χ2v) is 8.16. The van der Waals surface area contributed by atoms with Crippen LogP contribution in [-0.4, -0.2) is 57.4 Å². The third-order valence-corrected chi connectivity index (χ3v) is 5.91. The highest BCUT2D eigenvalue weighted by Crippen LogP contribution is 2.50. The number of hydrogen-bond acceptors (Lipinski definition) is 6. The number of carbonyl (C=O) groups excluding carboxylic acids is 2. The first-order valence-electron chi connectivity index (χ1n) is 10.2. The average Bonchev–Trinajstić information content (AvgIpc) is 3.25. The van der Waals surface area contributed by atoms with E-state index >= 15 is 0 Å². The minimum absolute atomic E-state index is 0.00910. The Hall–Kier alpha value is -3.39. The van der Waals surface area contributed by atoms with Crippen molar-refractivity contribution in [3.05, 3.63) is 58.4 Å². The zero-order chi connectivity index (χ0) is 22.9. The largest absolute Gasteiger partial charge is 0.492 e. The second-order valence-electron chi connectivity index (χ2n) is 8.16. The lowest BCUT2D eigenvalue weighted by Gasteiger charge is -2.38. The number of ether oxygens (including phenoxy) is 4. The second kappa shape index (κ2) is 8.63. The van der Waals surface area contributed by atoms with Crippen LogP contribution in [0.3, 0.4) is 0 Å². The number of carbonyl (C=O) groups is 2. The van der Waals surface area contributed by atoms with E-state index in [1.54, 1.807) is 25.3 Å². The lowest BCUT2D eigenvalue weighted by molar-refractivity contribution is -0.917. The Balaban J connectivity index is 1.76. The molecule has 168 valence electrons. The van der Waals surface area contributed by atoms with Gasteiger partial charge in [-0.3, -0.25) is 4.79 Å². The Kier molecular flexibility index (Phi) is 5.88. The summed E-state index contributed by atoms with van der Waals surface area (Å²) in [4.78, 5) is 25.2. The van der Waals surface area contributed by atoms with Crippen molar-refractivity contribution in [1.29, 1.82) is 0 Å². The van der Waals surface area contributed by atoms with Crippen LogP contribution in [0.2, 0.25) is 0 Å². The van der Waals surface area contributed by atoms with Gasteiger partial charge in [-0.1, -0.05) is 18.2 Å². The summed E-state index contributed by atoms with van der Waals surface area (Å²) in [6, 6.07) is 5.88. The summed E-state index contributed by atoms with van der Waals surface area (Å²) in [6.07, 6.45) is 3.65. The highest BCUT2D eigenvalue weighted by atomic mass is 19.1. The Morgan fingerprint density at radius 1 is 1.12 bits per heavy atom. The molecule has 4 rings (SSSR count). The quantitative estimate of drug-likeness (QED) is 0.296. The third kappa shape index (κ3) is 4.05. The summed E-state index contributed by atoms with van der Waals surface area (Å²) in [5.74, 6) is 0.428. The molecule has 1 atom stereocenters. The highest BCUT2D eigenvalue weighted by molar-refractivity contribution is 6.11. The van der Waals surface area contributed by atoms with Gasteiger partial charge in [0.25, 0.3) is 0 Å². The molecule has 2 heterocycles. The van der Waals surface area contributed by atoms with Crippen molar-refractivity contribution < 1.29 is 37.4 Å². The van der Waals surface area contributed by atoms with Crippen molar-refractivity contribution in [3.8, 4) is 17.2 Å². The maximum atomic E-state index is 13.3. The first-order valence-corrected chi connectivity index (χ1v) is 10.2. The summed E-state index contributed by atoms with van der Waals surface area (Å²) in [5.41, 5.74) is 2.81. The Morgan fingerprint density at radius 2 is 1.84 bits per heavy atom. The van der Waals surface area contributed by atoms with Crippen LogP contribution >= 0.6 is 0 Å². The van der Waals surface area contributed by atoms with Gasteiger partial charge in [0.05, 0.1) is 38.9 Å². The molecule has 2 aliphatic heterocycles. The molecule has 0 unspecified atom stereocenters. The summed E-state index contributed by atoms with van der Waals surface area (Å²) in [5, 5.41) is 0. The third-order valence-electron chi connectivity index (χ3n) is 5.91. The maximum absolute atomic E-state index is 13.3. The molecule has 8 heteroatoms. The van der Waals surface area contributed by atoms with Gasteiger partial charge in [-0.15, -0.1) is 0 Å². The molecule has 0 amide bonds. The number of esters is 1. The summed E-state index contributed by atoms with van der Waals surface area (Å²) in [6.45, 7) is 1.32. The number of quaternary nitrogens is 1. The van der Waals surface area contributed by atoms with Gasteiger partial charge in [0.2, 0.25) is 12.5 Å². The van der Waals surface area contributed by atoms with Crippen molar-refractivity contribution in [2.45, 2.75) is 13.0 Å². The van der Waals surface area contributed by atoms with Crippen LogP contribution in [0, 0.1) is 5.82 Å². The van der Waals surface area contributed by atoms with E-state index in [4.69, 9.17) is 18.9 Å². The minimum atomic E-state index is -0.339. The fourth-order valence-corrected chi connectivity index (χ4v) is 4.30. The molecule has 0 N–H and O–H groups in total. The van der Waals surface area contributed by atoms with Crippen LogP contribution in [0.25, 0.3) is 6.08 Å². The van der Waals surface area contributed by atoms with Gasteiger partial charge in [0.1, 0.15) is 12.4 Å². The predicted octanol–water partition coefficient (Wildman–Crippen LogP) is 3.13. The van der Waals surface area contributed by atoms with Crippen LogP contribution in [0.5, 0.6) is 17.2 Å². The number of fused-ring (bicyclic) bond motifs is 2. The van der Waals surface area contributed by atoms with E-state index in [0.717, 1.165) is 11.1 Å². The molecule has 0 saturated heterocycles. The first kappa shape index (κ1) is 21.8. The lowest BCUT2D eigenvalue weighted by Crippen LogP contribution is -2.51. The number of nitrogens with zero attached hydrogens (tertiary/aromatic N) is 1. The Morgan fingerprint density at radius 3 is 2.53 bits per heavy atom. The monoisotopic (exact) mass is 442 g/mol. The highest BCUT2D eigenvalue weighted by Gasteiger charge is 2.40. The fraction of sp³-hybridized carbons (Fsp3) is 0.333. The zero-order valence-corrected chi connectivity index (χ0v) is 18.3. The summed E-state index contributed by atoms with van der Waals surface area (Å²) in [7, 11) is 4.89. The Bertz CT molecular complexity index is 1090. The molecule has 32 heavy (non-hydrogen) atoms. The molecule has 0 aromatic heterocycles. The average molecular weight is 442 g/mol. The van der Waals surface area contributed by atoms with Gasteiger partial charge in [0, 0.05) is 6.42 Å². The van der Waals surface area contributed by atoms with E-state index in [1.165, 1.54) is 25.3 Å². The number of likely N-dealkylation sites (N-methyl/N-ethyl adjacent to an activating group) is 1. The van der Waals surface area contributed by atoms with Gasteiger partial charge < -0.3 is 23.4 Å². The molecule has 0 fully saturated rings. The van der Waals surface area contributed by atoms with Gasteiger partial charge in [-0.2, -0.15) is 0 Å². The normalized spacial score (nSPS) is 19.0. The van der Waals surface area contributed by atoms with Crippen LogP contribution < -0.4 is 14.2 Å². The van der Waals surface area contributed by atoms with Gasteiger partial charge in [-0.05, 0) is 29.3 Å². The molecule has 0 radical (unpaired) electrons. The number of allylic oxidation sites excluding steroid dienone is 1. The van der Waals surface area contributed by atoms with Crippen molar-refractivity contribution in [2.24, 2.45) is 0 Å². The molecule has 0 bridgehead atoms.